The van der Waals surface area contributed by atoms with Gasteiger partial charge < -0.3 is 20.9 Å². The molecule has 1 atom stereocenters. The van der Waals surface area contributed by atoms with Gasteiger partial charge in [0.15, 0.2) is 0 Å². The number of guanidine groups is 1. The zero-order chi connectivity index (χ0) is 18.6. The number of hydrogen-bond donors (Lipinski definition) is 5. The first-order valence-corrected chi connectivity index (χ1v) is 9.63. The molecule has 0 saturated heterocycles. The second-order valence-corrected chi connectivity index (χ2v) is 7.56. The minimum atomic E-state index is -3.73. The minimum absolute atomic E-state index is 0.000502. The van der Waals surface area contributed by atoms with Crippen LogP contribution in [0.15, 0.2) is 23.3 Å². The second kappa shape index (κ2) is 7.77. The highest BCUT2D eigenvalue weighted by atomic mass is 31.2. The maximum atomic E-state index is 11.8. The van der Waals surface area contributed by atoms with E-state index < -0.39 is 7.60 Å². The van der Waals surface area contributed by atoms with Crippen molar-refractivity contribution in [1.29, 1.82) is 10.8 Å². The molecule has 2 rings (SSSR count). The minimum Gasteiger partial charge on any atom is -0.384 e. The van der Waals surface area contributed by atoms with Gasteiger partial charge in [-0.3, -0.25) is 15.4 Å². The van der Waals surface area contributed by atoms with Crippen LogP contribution in [0.3, 0.4) is 0 Å². The van der Waals surface area contributed by atoms with E-state index in [1.807, 2.05) is 6.07 Å². The molecule has 0 saturated carbocycles. The number of nitrogens with zero attached hydrogens (tertiary/aromatic N) is 2. The van der Waals surface area contributed by atoms with Crippen molar-refractivity contribution < 1.29 is 14.0 Å². The Bertz CT molecular complexity index is 764. The van der Waals surface area contributed by atoms with E-state index in [1.54, 1.807) is 19.1 Å². The number of hydrazone groups is 1. The Morgan fingerprint density at radius 1 is 1.40 bits per heavy atom. The van der Waals surface area contributed by atoms with Crippen LogP contribution in [0.4, 0.5) is 0 Å². The molecular formula is C15H23N6O3P. The Kier molecular flexibility index (Phi) is 5.94. The fourth-order valence-corrected chi connectivity index (χ4v) is 3.69. The van der Waals surface area contributed by atoms with Gasteiger partial charge in [-0.1, -0.05) is 18.2 Å². The third-order valence-electron chi connectivity index (χ3n) is 3.83. The molecule has 7 N–H and O–H groups in total. The number of hydrogen-bond acceptors (Lipinski definition) is 5. The summed E-state index contributed by atoms with van der Waals surface area (Å²) in [6.45, 7) is 1.76. The normalized spacial score (nSPS) is 17.1. The zero-order valence-corrected chi connectivity index (χ0v) is 14.9. The van der Waals surface area contributed by atoms with Crippen LogP contribution in [0.5, 0.6) is 0 Å². The molecule has 0 amide bonds. The molecule has 0 fully saturated rings. The first-order chi connectivity index (χ1) is 11.7. The first-order valence-electron chi connectivity index (χ1n) is 7.87. The molecule has 10 heteroatoms. The molecule has 136 valence electrons. The van der Waals surface area contributed by atoms with Gasteiger partial charge in [0.05, 0.1) is 25.0 Å². The third kappa shape index (κ3) is 4.66. The molecule has 0 aromatic heterocycles. The van der Waals surface area contributed by atoms with Crippen molar-refractivity contribution in [1.82, 2.24) is 5.01 Å². The van der Waals surface area contributed by atoms with Crippen LogP contribution in [0.1, 0.15) is 30.0 Å². The summed E-state index contributed by atoms with van der Waals surface area (Å²) in [6, 6.07) is 5.46. The number of nitrogens with two attached hydrogens (primary N) is 2. The lowest BCUT2D eigenvalue weighted by atomic mass is 10.0. The Morgan fingerprint density at radius 3 is 2.72 bits per heavy atom. The number of amidine groups is 1. The van der Waals surface area contributed by atoms with Crippen molar-refractivity contribution in [3.63, 3.8) is 0 Å². The summed E-state index contributed by atoms with van der Waals surface area (Å²) < 4.78 is 16.6. The molecule has 1 aliphatic rings. The van der Waals surface area contributed by atoms with Crippen molar-refractivity contribution in [2.24, 2.45) is 16.6 Å². The predicted octanol–water partition coefficient (Wildman–Crippen LogP) is 1.04. The topological polar surface area (TPSA) is 162 Å². The fourth-order valence-electron chi connectivity index (χ4n) is 2.72. The van der Waals surface area contributed by atoms with E-state index in [4.69, 9.17) is 26.8 Å². The molecular weight excluding hydrogens is 343 g/mol. The maximum Gasteiger partial charge on any atom is 0.329 e. The summed E-state index contributed by atoms with van der Waals surface area (Å²) in [5, 5.41) is 20.9. The Balaban J connectivity index is 2.24. The number of rotatable bonds is 7. The van der Waals surface area contributed by atoms with E-state index in [1.165, 1.54) is 5.01 Å². The van der Waals surface area contributed by atoms with E-state index in [-0.39, 0.29) is 31.1 Å². The molecule has 0 spiro atoms. The smallest absolute Gasteiger partial charge is 0.329 e. The summed E-state index contributed by atoms with van der Waals surface area (Å²) in [7, 11) is -3.73. The fraction of sp³-hybridized carbons (Fsp3) is 0.400. The highest BCUT2D eigenvalue weighted by molar-refractivity contribution is 7.52. The summed E-state index contributed by atoms with van der Waals surface area (Å²) >= 11 is 0. The monoisotopic (exact) mass is 366 g/mol. The summed E-state index contributed by atoms with van der Waals surface area (Å²) in [5.74, 6) is -0.320. The Morgan fingerprint density at radius 2 is 2.12 bits per heavy atom. The van der Waals surface area contributed by atoms with Gasteiger partial charge in [0, 0.05) is 11.1 Å². The summed E-state index contributed by atoms with van der Waals surface area (Å²) in [5.41, 5.74) is 14.3. The Hall–Kier alpha value is -2.22. The summed E-state index contributed by atoms with van der Waals surface area (Å²) in [6.07, 6.45) is 1.12. The number of fused-ring (bicyclic) bond motifs is 1. The molecule has 1 aromatic carbocycles. The molecule has 0 aliphatic heterocycles. The van der Waals surface area contributed by atoms with Gasteiger partial charge in [-0.15, -0.1) is 0 Å². The van der Waals surface area contributed by atoms with Crippen LogP contribution in [0.2, 0.25) is 0 Å². The van der Waals surface area contributed by atoms with Crippen LogP contribution in [0, 0.1) is 10.8 Å². The quantitative estimate of drug-likeness (QED) is 0.209. The average Bonchev–Trinajstić information content (AvgIpc) is 2.93. The van der Waals surface area contributed by atoms with Crippen molar-refractivity contribution in [3.8, 4) is 0 Å². The maximum absolute atomic E-state index is 11.8. The van der Waals surface area contributed by atoms with Gasteiger partial charge in [0.25, 0.3) is 0 Å². The number of nitrogens with one attached hydrogen (secondary N) is 2. The first kappa shape index (κ1) is 19.1. The van der Waals surface area contributed by atoms with Crippen molar-refractivity contribution in [3.05, 3.63) is 34.9 Å². The molecule has 0 radical (unpaired) electrons. The summed E-state index contributed by atoms with van der Waals surface area (Å²) in [4.78, 5) is 9.67. The SMILES string of the molecule is CCOP(=O)(O)CCN(/N=C1\CCc2c(C(=N)N)cccc21)C(=N)N. The van der Waals surface area contributed by atoms with E-state index in [0.717, 1.165) is 11.1 Å². The molecule has 0 heterocycles. The Labute approximate surface area is 146 Å². The molecule has 1 aliphatic carbocycles. The van der Waals surface area contributed by atoms with Gasteiger partial charge in [0.1, 0.15) is 5.84 Å². The van der Waals surface area contributed by atoms with E-state index in [0.29, 0.717) is 24.1 Å². The lowest BCUT2D eigenvalue weighted by Crippen LogP contribution is -2.35. The average molecular weight is 366 g/mol. The van der Waals surface area contributed by atoms with E-state index in [2.05, 4.69) is 5.10 Å². The van der Waals surface area contributed by atoms with Crippen molar-refractivity contribution in [2.45, 2.75) is 19.8 Å². The van der Waals surface area contributed by atoms with Gasteiger partial charge in [-0.05, 0) is 25.3 Å². The lowest BCUT2D eigenvalue weighted by molar-refractivity contribution is 0.270. The number of nitrogen functional groups attached to an aromatic ring is 1. The zero-order valence-electron chi connectivity index (χ0n) is 14.0. The molecule has 1 unspecified atom stereocenters. The third-order valence-corrected chi connectivity index (χ3v) is 5.26. The van der Waals surface area contributed by atoms with Crippen LogP contribution < -0.4 is 11.5 Å². The van der Waals surface area contributed by atoms with Gasteiger partial charge >= 0.3 is 7.60 Å². The van der Waals surface area contributed by atoms with Gasteiger partial charge in [-0.2, -0.15) is 5.10 Å². The van der Waals surface area contributed by atoms with Gasteiger partial charge in [0.2, 0.25) is 5.96 Å². The molecule has 9 nitrogen and oxygen atoms in total. The lowest BCUT2D eigenvalue weighted by Gasteiger charge is -2.19. The van der Waals surface area contributed by atoms with Crippen LogP contribution >= 0.6 is 7.60 Å². The highest BCUT2D eigenvalue weighted by Gasteiger charge is 2.24. The van der Waals surface area contributed by atoms with Gasteiger partial charge in [-0.25, -0.2) is 5.01 Å². The van der Waals surface area contributed by atoms with Crippen molar-refractivity contribution >= 4 is 25.1 Å². The van der Waals surface area contributed by atoms with Crippen LogP contribution in [-0.2, 0) is 15.5 Å². The predicted molar refractivity (Wildman–Crippen MR) is 97.3 cm³/mol. The highest BCUT2D eigenvalue weighted by Crippen LogP contribution is 2.41. The van der Waals surface area contributed by atoms with Crippen LogP contribution in [-0.4, -0.2) is 46.7 Å². The second-order valence-electron chi connectivity index (χ2n) is 5.58. The van der Waals surface area contributed by atoms with E-state index in [9.17, 15) is 9.46 Å². The molecule has 1 aromatic rings. The number of benzene rings is 1. The standard InChI is InChI=1S/C15H23N6O3P/c1-2-24-25(22,23)9-8-21(15(18)19)20-13-7-6-10-11(13)4-3-5-12(10)14(16)17/h3-5H,2,6-9H2,1H3,(H3,16,17)(H3,18,19)(H,22,23)/b20-13+. The largest absolute Gasteiger partial charge is 0.384 e. The van der Waals surface area contributed by atoms with Crippen LogP contribution in [0.25, 0.3) is 0 Å². The van der Waals surface area contributed by atoms with E-state index >= 15 is 0 Å². The molecule has 25 heavy (non-hydrogen) atoms. The molecule has 0 bridgehead atoms. The van der Waals surface area contributed by atoms with Crippen molar-refractivity contribution in [2.75, 3.05) is 19.3 Å².